The number of hydrogen-bond donors (Lipinski definition) is 2. The summed E-state index contributed by atoms with van der Waals surface area (Å²) in [4.78, 5) is 22.7. The first-order valence-corrected chi connectivity index (χ1v) is 5.23. The predicted octanol–water partition coefficient (Wildman–Crippen LogP) is 0.437. The molecule has 0 fully saturated rings. The average Bonchev–Trinajstić information content (AvgIpc) is 2.29. The molecule has 1 aromatic carbocycles. The van der Waals surface area contributed by atoms with E-state index in [2.05, 4.69) is 5.32 Å². The molecule has 0 bridgehead atoms. The molecule has 0 aromatic heterocycles. The summed E-state index contributed by atoms with van der Waals surface area (Å²) in [5.74, 6) is -0.897. The number of hydrogen-bond acceptors (Lipinski definition) is 3. The Bertz CT molecular complexity index is 418. The van der Waals surface area contributed by atoms with Crippen LogP contribution in [0.15, 0.2) is 24.3 Å². The Kier molecular flexibility index (Phi) is 4.66. The summed E-state index contributed by atoms with van der Waals surface area (Å²) in [5, 5.41) is 2.53. The molecule has 2 amide bonds. The summed E-state index contributed by atoms with van der Waals surface area (Å²) >= 11 is 0. The third-order valence-corrected chi connectivity index (χ3v) is 2.34. The van der Waals surface area contributed by atoms with E-state index < -0.39 is 11.9 Å². The van der Waals surface area contributed by atoms with Crippen molar-refractivity contribution in [3.63, 3.8) is 0 Å². The van der Waals surface area contributed by atoms with Crippen LogP contribution in [0.1, 0.15) is 22.8 Å². The van der Waals surface area contributed by atoms with Crippen LogP contribution in [0, 0.1) is 0 Å². The SMILES string of the molecule is COCc1ccccc1C(=O)N[C@@H](C)C(N)=O. The fourth-order valence-electron chi connectivity index (χ4n) is 1.37. The van der Waals surface area contributed by atoms with Crippen LogP contribution >= 0.6 is 0 Å². The van der Waals surface area contributed by atoms with Gasteiger partial charge in [0.25, 0.3) is 5.91 Å². The molecular weight excluding hydrogens is 220 g/mol. The molecule has 0 radical (unpaired) electrons. The molecule has 0 unspecified atom stereocenters. The zero-order chi connectivity index (χ0) is 12.8. The molecule has 3 N–H and O–H groups in total. The first-order chi connectivity index (χ1) is 8.06. The highest BCUT2D eigenvalue weighted by Gasteiger charge is 2.15. The minimum absolute atomic E-state index is 0.330. The van der Waals surface area contributed by atoms with E-state index in [1.54, 1.807) is 32.2 Å². The molecule has 1 aromatic rings. The van der Waals surface area contributed by atoms with E-state index in [-0.39, 0.29) is 5.91 Å². The van der Waals surface area contributed by atoms with Crippen LogP contribution in [0.4, 0.5) is 0 Å². The Morgan fingerprint density at radius 2 is 2.06 bits per heavy atom. The number of nitrogens with two attached hydrogens (primary N) is 1. The summed E-state index contributed by atoms with van der Waals surface area (Å²) < 4.78 is 5.00. The average molecular weight is 236 g/mol. The smallest absolute Gasteiger partial charge is 0.252 e. The maximum absolute atomic E-state index is 11.9. The zero-order valence-electron chi connectivity index (χ0n) is 9.90. The normalized spacial score (nSPS) is 11.9. The van der Waals surface area contributed by atoms with E-state index in [1.165, 1.54) is 0 Å². The maximum atomic E-state index is 11.9. The molecule has 1 rings (SSSR count). The van der Waals surface area contributed by atoms with Crippen LogP contribution in [-0.2, 0) is 16.1 Å². The van der Waals surface area contributed by atoms with E-state index in [9.17, 15) is 9.59 Å². The highest BCUT2D eigenvalue weighted by atomic mass is 16.5. The maximum Gasteiger partial charge on any atom is 0.252 e. The molecule has 17 heavy (non-hydrogen) atoms. The lowest BCUT2D eigenvalue weighted by molar-refractivity contribution is -0.119. The van der Waals surface area contributed by atoms with E-state index in [1.807, 2.05) is 6.07 Å². The highest BCUT2D eigenvalue weighted by Crippen LogP contribution is 2.09. The second-order valence-electron chi connectivity index (χ2n) is 3.69. The Balaban J connectivity index is 2.84. The summed E-state index contributed by atoms with van der Waals surface area (Å²) in [6.07, 6.45) is 0. The van der Waals surface area contributed by atoms with Crippen LogP contribution in [-0.4, -0.2) is 25.0 Å². The number of methoxy groups -OCH3 is 1. The Morgan fingerprint density at radius 1 is 1.41 bits per heavy atom. The predicted molar refractivity (Wildman–Crippen MR) is 63.3 cm³/mol. The van der Waals surface area contributed by atoms with Crippen LogP contribution in [0.25, 0.3) is 0 Å². The van der Waals surface area contributed by atoms with Gasteiger partial charge in [-0.25, -0.2) is 0 Å². The van der Waals surface area contributed by atoms with Gasteiger partial charge in [-0.1, -0.05) is 18.2 Å². The first kappa shape index (κ1) is 13.2. The lowest BCUT2D eigenvalue weighted by atomic mass is 10.1. The number of nitrogens with one attached hydrogen (secondary N) is 1. The van der Waals surface area contributed by atoms with E-state index in [0.29, 0.717) is 12.2 Å². The number of amides is 2. The molecule has 0 heterocycles. The largest absolute Gasteiger partial charge is 0.380 e. The van der Waals surface area contributed by atoms with Crippen molar-refractivity contribution < 1.29 is 14.3 Å². The fourth-order valence-corrected chi connectivity index (χ4v) is 1.37. The standard InChI is InChI=1S/C12H16N2O3/c1-8(11(13)15)14-12(16)10-6-4-3-5-9(10)7-17-2/h3-6,8H,7H2,1-2H3,(H2,13,15)(H,14,16)/t8-/m0/s1. The topological polar surface area (TPSA) is 81.4 Å². The van der Waals surface area contributed by atoms with E-state index >= 15 is 0 Å². The number of benzene rings is 1. The van der Waals surface area contributed by atoms with Gasteiger partial charge in [-0.2, -0.15) is 0 Å². The molecule has 0 aliphatic rings. The van der Waals surface area contributed by atoms with Crippen molar-refractivity contribution in [2.24, 2.45) is 5.73 Å². The third kappa shape index (κ3) is 3.57. The molecule has 0 saturated heterocycles. The van der Waals surface area contributed by atoms with Gasteiger partial charge in [0, 0.05) is 12.7 Å². The molecule has 0 aliphatic carbocycles. The number of carbonyl (C=O) groups is 2. The molecule has 0 spiro atoms. The van der Waals surface area contributed by atoms with Gasteiger partial charge in [-0.15, -0.1) is 0 Å². The van der Waals surface area contributed by atoms with Crippen molar-refractivity contribution >= 4 is 11.8 Å². The highest BCUT2D eigenvalue weighted by molar-refractivity contribution is 5.98. The van der Waals surface area contributed by atoms with Gasteiger partial charge >= 0.3 is 0 Å². The summed E-state index contributed by atoms with van der Waals surface area (Å²) in [5.41, 5.74) is 6.34. The van der Waals surface area contributed by atoms with Crippen molar-refractivity contribution in [3.05, 3.63) is 35.4 Å². The monoisotopic (exact) mass is 236 g/mol. The van der Waals surface area contributed by atoms with Gasteiger partial charge in [0.2, 0.25) is 5.91 Å². The van der Waals surface area contributed by atoms with Gasteiger partial charge < -0.3 is 15.8 Å². The number of rotatable bonds is 5. The van der Waals surface area contributed by atoms with Gasteiger partial charge in [0.1, 0.15) is 6.04 Å². The quantitative estimate of drug-likeness (QED) is 0.778. The number of ether oxygens (including phenoxy) is 1. The van der Waals surface area contributed by atoms with Crippen LogP contribution in [0.2, 0.25) is 0 Å². The molecule has 0 saturated carbocycles. The van der Waals surface area contributed by atoms with Crippen LogP contribution in [0.5, 0.6) is 0 Å². The van der Waals surface area contributed by atoms with Gasteiger partial charge in [0.05, 0.1) is 6.61 Å². The van der Waals surface area contributed by atoms with Crippen LogP contribution < -0.4 is 11.1 Å². The molecule has 1 atom stereocenters. The number of carbonyl (C=O) groups excluding carboxylic acids is 2. The lowest BCUT2D eigenvalue weighted by Gasteiger charge is -2.12. The van der Waals surface area contributed by atoms with E-state index in [4.69, 9.17) is 10.5 Å². The molecule has 0 aliphatic heterocycles. The number of primary amides is 1. The van der Waals surface area contributed by atoms with Crippen molar-refractivity contribution in [2.45, 2.75) is 19.6 Å². The molecule has 5 nitrogen and oxygen atoms in total. The fraction of sp³-hybridized carbons (Fsp3) is 0.333. The summed E-state index contributed by atoms with van der Waals surface area (Å²) in [7, 11) is 1.56. The molecular formula is C12H16N2O3. The van der Waals surface area contributed by atoms with Gasteiger partial charge in [-0.3, -0.25) is 9.59 Å². The van der Waals surface area contributed by atoms with Gasteiger partial charge in [0.15, 0.2) is 0 Å². The van der Waals surface area contributed by atoms with E-state index in [0.717, 1.165) is 5.56 Å². The second-order valence-corrected chi connectivity index (χ2v) is 3.69. The summed E-state index contributed by atoms with van der Waals surface area (Å²) in [6.45, 7) is 1.88. The van der Waals surface area contributed by atoms with Crippen molar-refractivity contribution in [2.75, 3.05) is 7.11 Å². The zero-order valence-corrected chi connectivity index (χ0v) is 9.90. The van der Waals surface area contributed by atoms with Crippen molar-refractivity contribution in [3.8, 4) is 0 Å². The van der Waals surface area contributed by atoms with Crippen molar-refractivity contribution in [1.29, 1.82) is 0 Å². The summed E-state index contributed by atoms with van der Waals surface area (Å²) in [6, 6.07) is 6.36. The Labute approximate surface area is 99.9 Å². The lowest BCUT2D eigenvalue weighted by Crippen LogP contribution is -2.42. The van der Waals surface area contributed by atoms with Gasteiger partial charge in [-0.05, 0) is 18.6 Å². The molecule has 92 valence electrons. The minimum Gasteiger partial charge on any atom is -0.380 e. The molecule has 5 heteroatoms. The third-order valence-electron chi connectivity index (χ3n) is 2.34. The van der Waals surface area contributed by atoms with Crippen LogP contribution in [0.3, 0.4) is 0 Å². The first-order valence-electron chi connectivity index (χ1n) is 5.23. The van der Waals surface area contributed by atoms with Crippen molar-refractivity contribution in [1.82, 2.24) is 5.32 Å². The Morgan fingerprint density at radius 3 is 2.65 bits per heavy atom. The second kappa shape index (κ2) is 6.00. The Hall–Kier alpha value is -1.88. The minimum atomic E-state index is -0.696.